The van der Waals surface area contributed by atoms with E-state index in [1.807, 2.05) is 18.2 Å². The second-order valence-electron chi connectivity index (χ2n) is 8.35. The Bertz CT molecular complexity index is 1000. The first-order valence-corrected chi connectivity index (χ1v) is 12.4. The summed E-state index contributed by atoms with van der Waals surface area (Å²) in [6.07, 6.45) is 3.50. The summed E-state index contributed by atoms with van der Waals surface area (Å²) in [4.78, 5) is 18.9. The van der Waals surface area contributed by atoms with Crippen molar-refractivity contribution in [1.82, 2.24) is 14.2 Å². The summed E-state index contributed by atoms with van der Waals surface area (Å²) in [6.45, 7) is 1.61. The van der Waals surface area contributed by atoms with E-state index < -0.39 is 15.6 Å². The Labute approximate surface area is 188 Å². The van der Waals surface area contributed by atoms with Crippen molar-refractivity contribution < 1.29 is 23.1 Å². The van der Waals surface area contributed by atoms with Gasteiger partial charge in [-0.05, 0) is 49.9 Å². The highest BCUT2D eigenvalue weighted by molar-refractivity contribution is 7.89. The van der Waals surface area contributed by atoms with Gasteiger partial charge in [-0.25, -0.2) is 8.42 Å². The Hall–Kier alpha value is -2.33. The van der Waals surface area contributed by atoms with Gasteiger partial charge in [0.15, 0.2) is 0 Å². The molecule has 2 fully saturated rings. The predicted molar refractivity (Wildman–Crippen MR) is 118 cm³/mol. The molecular weight excluding hydrogens is 430 g/mol. The van der Waals surface area contributed by atoms with Crippen LogP contribution < -0.4 is 0 Å². The third-order valence-electron chi connectivity index (χ3n) is 6.31. The number of hydrogen-bond acceptors (Lipinski definition) is 6. The zero-order valence-electron chi connectivity index (χ0n) is 18.0. The van der Waals surface area contributed by atoms with Crippen molar-refractivity contribution in [3.63, 3.8) is 0 Å². The van der Waals surface area contributed by atoms with Crippen molar-refractivity contribution in [3.8, 4) is 0 Å². The van der Waals surface area contributed by atoms with Gasteiger partial charge in [0, 0.05) is 32.4 Å². The Morgan fingerprint density at radius 2 is 1.69 bits per heavy atom. The molecule has 2 aliphatic heterocycles. The highest BCUT2D eigenvalue weighted by atomic mass is 32.2. The molecule has 0 bridgehead atoms. The van der Waals surface area contributed by atoms with E-state index in [0.29, 0.717) is 62.5 Å². The highest BCUT2D eigenvalue weighted by Gasteiger charge is 2.37. The molecule has 4 rings (SSSR count). The molecule has 0 radical (unpaired) electrons. The minimum Gasteiger partial charge on any atom is -0.383 e. The number of benzene rings is 1. The molecule has 0 atom stereocenters. The highest BCUT2D eigenvalue weighted by Crippen LogP contribution is 2.31. The summed E-state index contributed by atoms with van der Waals surface area (Å²) in [6, 6.07) is 13.9. The zero-order chi connectivity index (χ0) is 22.6. The minimum atomic E-state index is -3.49. The minimum absolute atomic E-state index is 0.0296. The van der Waals surface area contributed by atoms with Crippen molar-refractivity contribution in [3.05, 3.63) is 60.4 Å². The van der Waals surface area contributed by atoms with Gasteiger partial charge in [0.2, 0.25) is 15.9 Å². The number of nitrogens with zero attached hydrogens (tertiary/aromatic N) is 3. The molecule has 1 aromatic heterocycles. The molecule has 1 N–H and O–H groups in total. The van der Waals surface area contributed by atoms with Crippen LogP contribution in [0, 0.1) is 0 Å². The summed E-state index contributed by atoms with van der Waals surface area (Å²) < 4.78 is 32.7. The van der Waals surface area contributed by atoms with Gasteiger partial charge in [-0.1, -0.05) is 24.3 Å². The van der Waals surface area contributed by atoms with E-state index in [4.69, 9.17) is 4.74 Å². The maximum atomic E-state index is 12.7. The van der Waals surface area contributed by atoms with Crippen LogP contribution >= 0.6 is 0 Å². The topological polar surface area (TPSA) is 100 Å². The molecule has 2 aromatic rings. The monoisotopic (exact) mass is 459 g/mol. The van der Waals surface area contributed by atoms with Gasteiger partial charge in [-0.15, -0.1) is 0 Å². The molecule has 0 unspecified atom stereocenters. The molecule has 2 saturated heterocycles. The molecule has 8 nitrogen and oxygen atoms in total. The molecule has 2 aliphatic rings. The van der Waals surface area contributed by atoms with E-state index >= 15 is 0 Å². The molecule has 0 spiro atoms. The van der Waals surface area contributed by atoms with Crippen molar-refractivity contribution >= 4 is 15.9 Å². The normalized spacial score (nSPS) is 20.2. The molecule has 172 valence electrons. The summed E-state index contributed by atoms with van der Waals surface area (Å²) in [7, 11) is -3.49. The number of carbonyl (C=O) groups excluding carboxylic acids is 1. The van der Waals surface area contributed by atoms with Gasteiger partial charge >= 0.3 is 0 Å². The van der Waals surface area contributed by atoms with Gasteiger partial charge in [0.25, 0.3) is 0 Å². The maximum absolute atomic E-state index is 12.7. The van der Waals surface area contributed by atoms with Gasteiger partial charge in [-0.2, -0.15) is 4.31 Å². The first kappa shape index (κ1) is 22.8. The van der Waals surface area contributed by atoms with E-state index in [0.717, 1.165) is 0 Å². The first-order chi connectivity index (χ1) is 15.4. The molecule has 3 heterocycles. The summed E-state index contributed by atoms with van der Waals surface area (Å²) in [5.41, 5.74) is -0.365. The van der Waals surface area contributed by atoms with Crippen LogP contribution in [0.4, 0.5) is 0 Å². The Morgan fingerprint density at radius 3 is 2.31 bits per heavy atom. The van der Waals surface area contributed by atoms with Gasteiger partial charge in [0.05, 0.1) is 16.7 Å². The van der Waals surface area contributed by atoms with E-state index in [1.165, 1.54) is 4.31 Å². The molecule has 0 aliphatic carbocycles. The molecule has 32 heavy (non-hydrogen) atoms. The number of sulfonamides is 1. The fourth-order valence-electron chi connectivity index (χ4n) is 4.28. The largest absolute Gasteiger partial charge is 0.383 e. The lowest BCUT2D eigenvalue weighted by atomic mass is 9.88. The van der Waals surface area contributed by atoms with Crippen LogP contribution in [-0.4, -0.2) is 72.5 Å². The number of hydrogen-bond donors (Lipinski definition) is 1. The molecule has 0 saturated carbocycles. The SMILES string of the molecule is O=C(COC1CCN(S(=O)(=O)c2ccccc2)CC1)N1CCC(O)(c2ccccn2)CC1. The predicted octanol–water partition coefficient (Wildman–Crippen LogP) is 1.76. The second-order valence-corrected chi connectivity index (χ2v) is 10.3. The average Bonchev–Trinajstić information content (AvgIpc) is 2.84. The number of aliphatic hydroxyl groups is 1. The van der Waals surface area contributed by atoms with Gasteiger partial charge in [0.1, 0.15) is 12.2 Å². The Kier molecular flexibility index (Phi) is 6.90. The molecule has 1 aromatic carbocycles. The van der Waals surface area contributed by atoms with E-state index in [2.05, 4.69) is 4.98 Å². The van der Waals surface area contributed by atoms with Crippen LogP contribution in [0.2, 0.25) is 0 Å². The lowest BCUT2D eigenvalue weighted by Crippen LogP contribution is -2.47. The van der Waals surface area contributed by atoms with Crippen molar-refractivity contribution in [2.45, 2.75) is 42.3 Å². The number of aromatic nitrogens is 1. The first-order valence-electron chi connectivity index (χ1n) is 11.0. The van der Waals surface area contributed by atoms with Gasteiger partial charge in [-0.3, -0.25) is 9.78 Å². The maximum Gasteiger partial charge on any atom is 0.248 e. The van der Waals surface area contributed by atoms with Crippen LogP contribution in [0.25, 0.3) is 0 Å². The van der Waals surface area contributed by atoms with E-state index in [9.17, 15) is 18.3 Å². The summed E-state index contributed by atoms with van der Waals surface area (Å²) in [5.74, 6) is -0.104. The lowest BCUT2D eigenvalue weighted by Gasteiger charge is -2.38. The van der Waals surface area contributed by atoms with E-state index in [1.54, 1.807) is 41.4 Å². The number of likely N-dealkylation sites (tertiary alicyclic amines) is 1. The van der Waals surface area contributed by atoms with Crippen LogP contribution in [0.3, 0.4) is 0 Å². The van der Waals surface area contributed by atoms with Crippen molar-refractivity contribution in [1.29, 1.82) is 0 Å². The Balaban J connectivity index is 1.22. The number of ether oxygens (including phenoxy) is 1. The van der Waals surface area contributed by atoms with Crippen molar-refractivity contribution in [2.24, 2.45) is 0 Å². The fourth-order valence-corrected chi connectivity index (χ4v) is 5.77. The second kappa shape index (κ2) is 9.66. The van der Waals surface area contributed by atoms with E-state index in [-0.39, 0.29) is 18.6 Å². The van der Waals surface area contributed by atoms with Crippen molar-refractivity contribution in [2.75, 3.05) is 32.8 Å². The number of amides is 1. The van der Waals surface area contributed by atoms with Gasteiger partial charge < -0.3 is 14.7 Å². The third-order valence-corrected chi connectivity index (χ3v) is 8.22. The van der Waals surface area contributed by atoms with Crippen LogP contribution in [-0.2, 0) is 25.2 Å². The number of piperidine rings is 2. The summed E-state index contributed by atoms with van der Waals surface area (Å²) in [5, 5.41) is 10.9. The quantitative estimate of drug-likeness (QED) is 0.707. The third kappa shape index (κ3) is 5.01. The Morgan fingerprint density at radius 1 is 1.03 bits per heavy atom. The standard InChI is InChI=1S/C23H29N3O5S/c27-22(25-16-11-23(28,12-17-25)21-8-4-5-13-24-21)18-31-19-9-14-26(15-10-19)32(29,30)20-6-2-1-3-7-20/h1-8,13,19,28H,9-12,14-18H2. The zero-order valence-corrected chi connectivity index (χ0v) is 18.8. The van der Waals surface area contributed by atoms with Crippen LogP contribution in [0.5, 0.6) is 0 Å². The number of carbonyl (C=O) groups is 1. The number of pyridine rings is 1. The fraction of sp³-hybridized carbons (Fsp3) is 0.478. The van der Waals surface area contributed by atoms with Crippen LogP contribution in [0.1, 0.15) is 31.4 Å². The number of rotatable bonds is 6. The lowest BCUT2D eigenvalue weighted by molar-refractivity contribution is -0.143. The molecular formula is C23H29N3O5S. The smallest absolute Gasteiger partial charge is 0.248 e. The molecule has 1 amide bonds. The average molecular weight is 460 g/mol. The van der Waals surface area contributed by atoms with Crippen LogP contribution in [0.15, 0.2) is 59.6 Å². The summed E-state index contributed by atoms with van der Waals surface area (Å²) >= 11 is 0. The molecule has 9 heteroatoms.